The minimum atomic E-state index is -1.04. The first-order chi connectivity index (χ1) is 15.9. The van der Waals surface area contributed by atoms with Crippen molar-refractivity contribution < 1.29 is 24.9 Å². The maximum Gasteiger partial charge on any atom is 0.251 e. The molecule has 1 heterocycles. The predicted molar refractivity (Wildman–Crippen MR) is 127 cm³/mol. The number of hydrogen-bond donors (Lipinski definition) is 4. The molecule has 33 heavy (non-hydrogen) atoms. The second kappa shape index (κ2) is 9.85. The van der Waals surface area contributed by atoms with Gasteiger partial charge in [-0.1, -0.05) is 54.6 Å². The SMILES string of the molecule is CNC(=O)c1cccc(-c2ccc(-c3ccc([C@H]4O[C@H](CO)C[C@H](O)[C@@H]4O)cc3)c(C)c2)c1. The minimum Gasteiger partial charge on any atom is -0.394 e. The van der Waals surface area contributed by atoms with Crippen molar-refractivity contribution in [3.63, 3.8) is 0 Å². The summed E-state index contributed by atoms with van der Waals surface area (Å²) in [6, 6.07) is 21.4. The van der Waals surface area contributed by atoms with Crippen molar-refractivity contribution in [2.75, 3.05) is 13.7 Å². The van der Waals surface area contributed by atoms with Crippen LogP contribution in [0, 0.1) is 6.92 Å². The van der Waals surface area contributed by atoms with E-state index in [4.69, 9.17) is 4.74 Å². The maximum absolute atomic E-state index is 12.0. The van der Waals surface area contributed by atoms with E-state index in [1.807, 2.05) is 55.5 Å². The number of aliphatic hydroxyl groups is 3. The smallest absolute Gasteiger partial charge is 0.251 e. The average Bonchev–Trinajstić information content (AvgIpc) is 2.85. The highest BCUT2D eigenvalue weighted by molar-refractivity contribution is 5.95. The third kappa shape index (κ3) is 4.84. The normalized spacial score (nSPS) is 22.7. The number of carbonyl (C=O) groups excluding carboxylic acids is 1. The molecule has 6 nitrogen and oxygen atoms in total. The van der Waals surface area contributed by atoms with E-state index in [0.717, 1.165) is 33.4 Å². The number of aryl methyl sites for hydroxylation is 1. The van der Waals surface area contributed by atoms with Gasteiger partial charge in [0.15, 0.2) is 0 Å². The topological polar surface area (TPSA) is 99.0 Å². The zero-order chi connectivity index (χ0) is 23.5. The fourth-order valence-corrected chi connectivity index (χ4v) is 4.35. The Labute approximate surface area is 193 Å². The monoisotopic (exact) mass is 447 g/mol. The lowest BCUT2D eigenvalue weighted by atomic mass is 9.91. The number of carbonyl (C=O) groups is 1. The number of nitrogens with one attached hydrogen (secondary N) is 1. The van der Waals surface area contributed by atoms with Gasteiger partial charge < -0.3 is 25.4 Å². The van der Waals surface area contributed by atoms with Crippen molar-refractivity contribution >= 4 is 5.91 Å². The molecule has 0 spiro atoms. The molecule has 0 unspecified atom stereocenters. The Balaban J connectivity index is 1.57. The number of hydrogen-bond acceptors (Lipinski definition) is 5. The largest absolute Gasteiger partial charge is 0.394 e. The van der Waals surface area contributed by atoms with E-state index in [1.165, 1.54) is 0 Å². The van der Waals surface area contributed by atoms with Crippen molar-refractivity contribution in [2.45, 2.75) is 37.8 Å². The van der Waals surface area contributed by atoms with Gasteiger partial charge in [0.05, 0.1) is 18.8 Å². The maximum atomic E-state index is 12.0. The average molecular weight is 448 g/mol. The molecule has 1 saturated heterocycles. The van der Waals surface area contributed by atoms with E-state index in [9.17, 15) is 20.1 Å². The quantitative estimate of drug-likeness (QED) is 0.481. The highest BCUT2D eigenvalue weighted by atomic mass is 16.5. The van der Waals surface area contributed by atoms with Crippen LogP contribution in [0.15, 0.2) is 66.7 Å². The van der Waals surface area contributed by atoms with Crippen molar-refractivity contribution in [1.82, 2.24) is 5.32 Å². The summed E-state index contributed by atoms with van der Waals surface area (Å²) in [5.74, 6) is -0.116. The molecule has 4 atom stereocenters. The zero-order valence-corrected chi connectivity index (χ0v) is 18.7. The van der Waals surface area contributed by atoms with Gasteiger partial charge in [-0.3, -0.25) is 4.79 Å². The highest BCUT2D eigenvalue weighted by Crippen LogP contribution is 2.34. The Morgan fingerprint density at radius 1 is 1.00 bits per heavy atom. The summed E-state index contributed by atoms with van der Waals surface area (Å²) in [7, 11) is 1.62. The summed E-state index contributed by atoms with van der Waals surface area (Å²) in [6.45, 7) is 1.85. The molecular formula is C27H29NO5. The van der Waals surface area contributed by atoms with Crippen LogP contribution in [-0.4, -0.2) is 53.2 Å². The molecule has 3 aromatic carbocycles. The van der Waals surface area contributed by atoms with Gasteiger partial charge in [0, 0.05) is 19.0 Å². The van der Waals surface area contributed by atoms with Crippen molar-refractivity contribution in [3.05, 3.63) is 83.4 Å². The minimum absolute atomic E-state index is 0.116. The van der Waals surface area contributed by atoms with E-state index in [1.54, 1.807) is 13.1 Å². The first-order valence-electron chi connectivity index (χ1n) is 11.1. The van der Waals surface area contributed by atoms with E-state index < -0.39 is 24.4 Å². The highest BCUT2D eigenvalue weighted by Gasteiger charge is 2.37. The molecular weight excluding hydrogens is 418 g/mol. The van der Waals surface area contributed by atoms with Crippen LogP contribution in [0.2, 0.25) is 0 Å². The third-order valence-electron chi connectivity index (χ3n) is 6.21. The van der Waals surface area contributed by atoms with Crippen LogP contribution in [0.25, 0.3) is 22.3 Å². The van der Waals surface area contributed by atoms with Gasteiger partial charge in [-0.2, -0.15) is 0 Å². The number of rotatable bonds is 5. The Hall–Kier alpha value is -3.03. The van der Waals surface area contributed by atoms with Crippen LogP contribution < -0.4 is 5.32 Å². The lowest BCUT2D eigenvalue weighted by molar-refractivity contribution is -0.179. The van der Waals surface area contributed by atoms with Crippen LogP contribution in [0.5, 0.6) is 0 Å². The summed E-state index contributed by atoms with van der Waals surface area (Å²) in [5, 5.41) is 32.5. The van der Waals surface area contributed by atoms with Crippen LogP contribution in [0.3, 0.4) is 0 Å². The molecule has 4 rings (SSSR count). The first kappa shape index (κ1) is 23.1. The van der Waals surface area contributed by atoms with Gasteiger partial charge in [0.25, 0.3) is 5.91 Å². The Kier molecular flexibility index (Phi) is 6.91. The summed E-state index contributed by atoms with van der Waals surface area (Å²) >= 11 is 0. The van der Waals surface area contributed by atoms with Crippen LogP contribution in [0.1, 0.15) is 34.0 Å². The van der Waals surface area contributed by atoms with E-state index >= 15 is 0 Å². The molecule has 0 saturated carbocycles. The van der Waals surface area contributed by atoms with Crippen LogP contribution in [-0.2, 0) is 4.74 Å². The zero-order valence-electron chi connectivity index (χ0n) is 18.7. The van der Waals surface area contributed by atoms with E-state index in [2.05, 4.69) is 17.4 Å². The van der Waals surface area contributed by atoms with Gasteiger partial charge in [0.2, 0.25) is 0 Å². The fourth-order valence-electron chi connectivity index (χ4n) is 4.35. The molecule has 0 bridgehead atoms. The predicted octanol–water partition coefficient (Wildman–Crippen LogP) is 3.23. The van der Waals surface area contributed by atoms with Gasteiger partial charge in [-0.05, 0) is 52.4 Å². The van der Waals surface area contributed by atoms with Crippen molar-refractivity contribution in [2.24, 2.45) is 0 Å². The van der Waals surface area contributed by atoms with E-state index in [-0.39, 0.29) is 18.9 Å². The number of amides is 1. The first-order valence-corrected chi connectivity index (χ1v) is 11.1. The Morgan fingerprint density at radius 2 is 1.70 bits per heavy atom. The fraction of sp³-hybridized carbons (Fsp3) is 0.296. The molecule has 4 N–H and O–H groups in total. The third-order valence-corrected chi connectivity index (χ3v) is 6.21. The second-order valence-electron chi connectivity index (χ2n) is 8.47. The van der Waals surface area contributed by atoms with Crippen LogP contribution in [0.4, 0.5) is 0 Å². The standard InChI is InChI=1S/C27H29NO5/c1-16-12-20(19-4-3-5-21(13-19)27(32)28-2)10-11-23(16)17-6-8-18(9-7-17)26-25(31)24(30)14-22(15-29)33-26/h3-13,22,24-26,29-31H,14-15H2,1-2H3,(H,28,32)/t22-,24-,25-,26+/m0/s1. The van der Waals surface area contributed by atoms with Gasteiger partial charge >= 0.3 is 0 Å². The Bertz CT molecular complexity index is 1130. The molecule has 0 radical (unpaired) electrons. The van der Waals surface area contributed by atoms with Gasteiger partial charge in [0.1, 0.15) is 12.2 Å². The molecule has 3 aromatic rings. The molecule has 1 aliphatic heterocycles. The van der Waals surface area contributed by atoms with Crippen LogP contribution >= 0.6 is 0 Å². The lowest BCUT2D eigenvalue weighted by Gasteiger charge is -2.36. The molecule has 1 aliphatic rings. The molecule has 1 fully saturated rings. The van der Waals surface area contributed by atoms with Gasteiger partial charge in [-0.25, -0.2) is 0 Å². The molecule has 172 valence electrons. The molecule has 1 amide bonds. The summed E-state index contributed by atoms with van der Waals surface area (Å²) in [6.07, 6.45) is -2.94. The summed E-state index contributed by atoms with van der Waals surface area (Å²) < 4.78 is 5.78. The summed E-state index contributed by atoms with van der Waals surface area (Å²) in [4.78, 5) is 12.0. The molecule has 6 heteroatoms. The molecule has 0 aromatic heterocycles. The molecule has 0 aliphatic carbocycles. The second-order valence-corrected chi connectivity index (χ2v) is 8.47. The lowest BCUT2D eigenvalue weighted by Crippen LogP contribution is -2.44. The number of benzene rings is 3. The van der Waals surface area contributed by atoms with Gasteiger partial charge in [-0.15, -0.1) is 0 Å². The van der Waals surface area contributed by atoms with Crippen molar-refractivity contribution in [3.8, 4) is 22.3 Å². The van der Waals surface area contributed by atoms with Crippen molar-refractivity contribution in [1.29, 1.82) is 0 Å². The summed E-state index contributed by atoms with van der Waals surface area (Å²) in [5.41, 5.74) is 6.56. The number of ether oxygens (including phenoxy) is 1. The Morgan fingerprint density at radius 3 is 2.36 bits per heavy atom. The number of aliphatic hydroxyl groups excluding tert-OH is 3. The van der Waals surface area contributed by atoms with E-state index in [0.29, 0.717) is 5.56 Å².